The highest BCUT2D eigenvalue weighted by atomic mass is 16.7. The van der Waals surface area contributed by atoms with Gasteiger partial charge in [0.05, 0.1) is 25.4 Å². The highest BCUT2D eigenvalue weighted by molar-refractivity contribution is 5.80. The Morgan fingerprint density at radius 1 is 0.515 bits per heavy atom. The molecule has 1 rings (SSSR count). The van der Waals surface area contributed by atoms with Gasteiger partial charge in [0.15, 0.2) is 6.29 Å². The highest BCUT2D eigenvalue weighted by Gasteiger charge is 2.44. The van der Waals surface area contributed by atoms with Crippen LogP contribution in [0.1, 0.15) is 251 Å². The molecule has 1 fully saturated rings. The van der Waals surface area contributed by atoms with Crippen LogP contribution in [-0.4, -0.2) is 110 Å². The van der Waals surface area contributed by atoms with Crippen molar-refractivity contribution in [2.24, 2.45) is 0 Å². The summed E-state index contributed by atoms with van der Waals surface area (Å²) in [5, 5.41) is 76.0. The van der Waals surface area contributed by atoms with E-state index in [1.165, 1.54) is 167 Å². The first-order valence-electron chi connectivity index (χ1n) is 27.7. The zero-order valence-electron chi connectivity index (χ0n) is 42.4. The summed E-state index contributed by atoms with van der Waals surface area (Å²) in [6, 6.07) is -1.19. The molecule has 8 N–H and O–H groups in total. The summed E-state index contributed by atoms with van der Waals surface area (Å²) in [4.78, 5) is 13.2. The molecule has 66 heavy (non-hydrogen) atoms. The maximum Gasteiger partial charge on any atom is 0.249 e. The number of amides is 1. The lowest BCUT2D eigenvalue weighted by molar-refractivity contribution is -0.303. The summed E-state index contributed by atoms with van der Waals surface area (Å²) >= 11 is 0. The minimum absolute atomic E-state index is 0.248. The summed E-state index contributed by atoms with van der Waals surface area (Å²) < 4.78 is 11.1. The summed E-state index contributed by atoms with van der Waals surface area (Å²) in [7, 11) is 0. The van der Waals surface area contributed by atoms with Crippen LogP contribution < -0.4 is 5.32 Å². The Bertz CT molecular complexity index is 1120. The molecule has 0 aromatic heterocycles. The topological polar surface area (TPSA) is 189 Å². The molecule has 0 aromatic rings. The van der Waals surface area contributed by atoms with Crippen molar-refractivity contribution in [1.29, 1.82) is 0 Å². The second-order valence-electron chi connectivity index (χ2n) is 19.6. The number of hydrogen-bond donors (Lipinski definition) is 8. The first kappa shape index (κ1) is 62.6. The van der Waals surface area contributed by atoms with Gasteiger partial charge < -0.3 is 50.5 Å². The van der Waals surface area contributed by atoms with Crippen molar-refractivity contribution in [3.8, 4) is 0 Å². The SMILES string of the molecule is CCCCCCCCCC=CCCC=CCCCC(O)C(O)C(COC1OC(CO)C(O)C(O)C1O)NC(=O)C(O)CCCCCCCCCCCCCCCCCCCCCCCCC. The Labute approximate surface area is 404 Å². The zero-order chi connectivity index (χ0) is 48.3. The molecular formula is C55H105NO10. The lowest BCUT2D eigenvalue weighted by Gasteiger charge is -2.40. The fourth-order valence-electron chi connectivity index (χ4n) is 8.93. The molecule has 1 aliphatic rings. The van der Waals surface area contributed by atoms with Gasteiger partial charge in [-0.2, -0.15) is 0 Å². The van der Waals surface area contributed by atoms with Crippen LogP contribution >= 0.6 is 0 Å². The Morgan fingerprint density at radius 2 is 0.909 bits per heavy atom. The number of carbonyl (C=O) groups is 1. The molecule has 0 aliphatic carbocycles. The van der Waals surface area contributed by atoms with Crippen LogP contribution in [0.2, 0.25) is 0 Å². The second-order valence-corrected chi connectivity index (χ2v) is 19.6. The van der Waals surface area contributed by atoms with Gasteiger partial charge in [-0.15, -0.1) is 0 Å². The Kier molecular flexibility index (Phi) is 42.5. The number of allylic oxidation sites excluding steroid dienone is 4. The molecule has 1 aliphatic heterocycles. The molecule has 0 spiro atoms. The predicted molar refractivity (Wildman–Crippen MR) is 270 cm³/mol. The quantitative estimate of drug-likeness (QED) is 0.0215. The Hall–Kier alpha value is -1.41. The molecule has 9 unspecified atom stereocenters. The molecule has 1 saturated heterocycles. The van der Waals surface area contributed by atoms with Crippen LogP contribution in [-0.2, 0) is 14.3 Å². The van der Waals surface area contributed by atoms with E-state index in [4.69, 9.17) is 9.47 Å². The molecule has 390 valence electrons. The van der Waals surface area contributed by atoms with Crippen molar-refractivity contribution in [2.75, 3.05) is 13.2 Å². The minimum Gasteiger partial charge on any atom is -0.394 e. The van der Waals surface area contributed by atoms with Crippen molar-refractivity contribution >= 4 is 5.91 Å². The monoisotopic (exact) mass is 940 g/mol. The lowest BCUT2D eigenvalue weighted by Crippen LogP contribution is -2.60. The van der Waals surface area contributed by atoms with Gasteiger partial charge >= 0.3 is 0 Å². The van der Waals surface area contributed by atoms with Crippen molar-refractivity contribution in [3.63, 3.8) is 0 Å². The van der Waals surface area contributed by atoms with Crippen LogP contribution in [0.15, 0.2) is 24.3 Å². The van der Waals surface area contributed by atoms with Crippen molar-refractivity contribution in [1.82, 2.24) is 5.32 Å². The number of aliphatic hydroxyl groups excluding tert-OH is 7. The number of hydrogen-bond acceptors (Lipinski definition) is 10. The van der Waals surface area contributed by atoms with E-state index in [0.717, 1.165) is 38.5 Å². The highest BCUT2D eigenvalue weighted by Crippen LogP contribution is 2.23. The van der Waals surface area contributed by atoms with E-state index < -0.39 is 74.2 Å². The first-order valence-corrected chi connectivity index (χ1v) is 27.7. The fraction of sp³-hybridized carbons (Fsp3) is 0.909. The number of nitrogens with one attached hydrogen (secondary N) is 1. The molecule has 0 bridgehead atoms. The van der Waals surface area contributed by atoms with Gasteiger partial charge in [0, 0.05) is 0 Å². The average molecular weight is 940 g/mol. The van der Waals surface area contributed by atoms with Gasteiger partial charge in [-0.3, -0.25) is 4.79 Å². The van der Waals surface area contributed by atoms with Crippen molar-refractivity contribution in [2.45, 2.75) is 306 Å². The van der Waals surface area contributed by atoms with Gasteiger partial charge in [-0.1, -0.05) is 224 Å². The Balaban J connectivity index is 2.34. The van der Waals surface area contributed by atoms with Crippen LogP contribution in [0.3, 0.4) is 0 Å². The predicted octanol–water partition coefficient (Wildman–Crippen LogP) is 11.0. The minimum atomic E-state index is -1.67. The van der Waals surface area contributed by atoms with Gasteiger partial charge in [-0.05, 0) is 51.4 Å². The summed E-state index contributed by atoms with van der Waals surface area (Å²) in [6.45, 7) is 3.45. The molecule has 0 radical (unpaired) electrons. The molecule has 0 aromatic carbocycles. The summed E-state index contributed by atoms with van der Waals surface area (Å²) in [5.41, 5.74) is 0. The first-order chi connectivity index (χ1) is 32.2. The van der Waals surface area contributed by atoms with Crippen LogP contribution in [0.5, 0.6) is 0 Å². The molecule has 0 saturated carbocycles. The van der Waals surface area contributed by atoms with E-state index in [1.807, 2.05) is 0 Å². The van der Waals surface area contributed by atoms with E-state index in [2.05, 4.69) is 43.5 Å². The Morgan fingerprint density at radius 3 is 1.35 bits per heavy atom. The maximum atomic E-state index is 13.2. The third kappa shape index (κ3) is 33.2. The van der Waals surface area contributed by atoms with Crippen LogP contribution in [0, 0.1) is 0 Å². The van der Waals surface area contributed by atoms with Crippen LogP contribution in [0.4, 0.5) is 0 Å². The van der Waals surface area contributed by atoms with Crippen molar-refractivity contribution < 1.29 is 50.0 Å². The number of unbranched alkanes of at least 4 members (excludes halogenated alkanes) is 31. The number of aliphatic hydroxyl groups is 7. The van der Waals surface area contributed by atoms with Crippen molar-refractivity contribution in [3.05, 3.63) is 24.3 Å². The summed E-state index contributed by atoms with van der Waals surface area (Å²) in [5.74, 6) is -0.707. The zero-order valence-corrected chi connectivity index (χ0v) is 42.4. The van der Waals surface area contributed by atoms with Gasteiger partial charge in [0.1, 0.15) is 36.6 Å². The molecule has 11 heteroatoms. The third-order valence-electron chi connectivity index (χ3n) is 13.5. The summed E-state index contributed by atoms with van der Waals surface area (Å²) in [6.07, 6.45) is 40.9. The van der Waals surface area contributed by atoms with E-state index >= 15 is 0 Å². The molecule has 1 amide bonds. The van der Waals surface area contributed by atoms with E-state index in [1.54, 1.807) is 0 Å². The van der Waals surface area contributed by atoms with E-state index in [9.17, 15) is 40.5 Å². The smallest absolute Gasteiger partial charge is 0.249 e. The van der Waals surface area contributed by atoms with E-state index in [-0.39, 0.29) is 12.8 Å². The lowest BCUT2D eigenvalue weighted by atomic mass is 9.98. The van der Waals surface area contributed by atoms with Gasteiger partial charge in [0.2, 0.25) is 5.91 Å². The molecule has 11 nitrogen and oxygen atoms in total. The average Bonchev–Trinajstić information content (AvgIpc) is 3.32. The normalized spacial score (nSPS) is 20.9. The standard InChI is InChI=1S/C55H105NO10/c1-3-5-7-9-11-13-15-17-19-21-22-23-24-25-26-27-29-31-33-35-37-39-41-43-48(59)54(64)56-46(45-65-55-53(63)52(62)51(61)49(44-57)66-55)50(60)47(58)42-40-38-36-34-32-30-28-20-18-16-14-12-10-8-6-4-2/h20,28,34,36,46-53,55,57-63H,3-19,21-27,29-33,35,37-45H2,1-2H3,(H,56,64). The molecular weight excluding hydrogens is 835 g/mol. The van der Waals surface area contributed by atoms with Gasteiger partial charge in [0.25, 0.3) is 0 Å². The van der Waals surface area contributed by atoms with E-state index in [0.29, 0.717) is 19.3 Å². The fourth-order valence-corrected chi connectivity index (χ4v) is 8.93. The molecule has 1 heterocycles. The van der Waals surface area contributed by atoms with Gasteiger partial charge in [-0.25, -0.2) is 0 Å². The van der Waals surface area contributed by atoms with Crippen LogP contribution in [0.25, 0.3) is 0 Å². The molecule has 9 atom stereocenters. The number of ether oxygens (including phenoxy) is 2. The third-order valence-corrected chi connectivity index (χ3v) is 13.5. The number of carbonyl (C=O) groups excluding carboxylic acids is 1. The maximum absolute atomic E-state index is 13.2. The largest absolute Gasteiger partial charge is 0.394 e. The number of rotatable bonds is 47. The second kappa shape index (κ2) is 44.8.